The van der Waals surface area contributed by atoms with Gasteiger partial charge >= 0.3 is 0 Å². The molecule has 0 saturated heterocycles. The molecular weight excluding hydrogens is 330 g/mol. The number of hydrogen-bond acceptors (Lipinski definition) is 2. The number of hydrogen-bond donors (Lipinski definition) is 1. The molecular formula is C14H13BrClNS. The molecule has 18 heavy (non-hydrogen) atoms. The zero-order valence-corrected chi connectivity index (χ0v) is 12.9. The first-order chi connectivity index (χ1) is 8.75. The van der Waals surface area contributed by atoms with E-state index in [0.717, 1.165) is 27.5 Å². The molecule has 0 aliphatic carbocycles. The van der Waals surface area contributed by atoms with Gasteiger partial charge in [0, 0.05) is 32.4 Å². The molecule has 0 unspecified atom stereocenters. The van der Waals surface area contributed by atoms with Gasteiger partial charge in [0.1, 0.15) is 0 Å². The molecule has 0 aliphatic heterocycles. The van der Waals surface area contributed by atoms with Gasteiger partial charge in [-0.2, -0.15) is 0 Å². The van der Waals surface area contributed by atoms with Crippen LogP contribution in [-0.2, 0) is 0 Å². The summed E-state index contributed by atoms with van der Waals surface area (Å²) in [4.78, 5) is 1.27. The molecule has 0 saturated carbocycles. The molecule has 94 valence electrons. The zero-order chi connectivity index (χ0) is 12.8. The van der Waals surface area contributed by atoms with Crippen LogP contribution in [0.25, 0.3) is 0 Å². The first-order valence-electron chi connectivity index (χ1n) is 5.62. The van der Waals surface area contributed by atoms with Gasteiger partial charge in [0.2, 0.25) is 0 Å². The minimum atomic E-state index is 0.767. The molecule has 2 aromatic carbocycles. The maximum Gasteiger partial charge on any atom is 0.0407 e. The third-order valence-corrected chi connectivity index (χ3v) is 4.65. The van der Waals surface area contributed by atoms with E-state index in [-0.39, 0.29) is 0 Å². The summed E-state index contributed by atoms with van der Waals surface area (Å²) in [5.74, 6) is 1.02. The van der Waals surface area contributed by atoms with Crippen LogP contribution in [0.4, 0.5) is 5.69 Å². The topological polar surface area (TPSA) is 12.0 Å². The Bertz CT molecular complexity index is 501. The molecule has 1 N–H and O–H groups in total. The molecule has 0 atom stereocenters. The lowest BCUT2D eigenvalue weighted by molar-refractivity contribution is 1.22. The Hall–Kier alpha value is -0.640. The summed E-state index contributed by atoms with van der Waals surface area (Å²) >= 11 is 11.2. The number of nitrogens with one attached hydrogen (secondary N) is 1. The van der Waals surface area contributed by atoms with E-state index >= 15 is 0 Å². The van der Waals surface area contributed by atoms with Crippen LogP contribution < -0.4 is 5.32 Å². The van der Waals surface area contributed by atoms with E-state index in [9.17, 15) is 0 Å². The molecule has 0 heterocycles. The minimum Gasteiger partial charge on any atom is -0.384 e. The maximum atomic E-state index is 5.83. The average Bonchev–Trinajstić information content (AvgIpc) is 2.39. The summed E-state index contributed by atoms with van der Waals surface area (Å²) in [6, 6.07) is 16.0. The molecule has 4 heteroatoms. The predicted molar refractivity (Wildman–Crippen MR) is 84.8 cm³/mol. The van der Waals surface area contributed by atoms with E-state index in [1.807, 2.05) is 42.1 Å². The summed E-state index contributed by atoms with van der Waals surface area (Å²) in [5.41, 5.74) is 1.10. The highest BCUT2D eigenvalue weighted by atomic mass is 79.9. The minimum absolute atomic E-state index is 0.767. The fourth-order valence-electron chi connectivity index (χ4n) is 1.49. The van der Waals surface area contributed by atoms with E-state index in [2.05, 4.69) is 39.4 Å². The first kappa shape index (κ1) is 13.8. The van der Waals surface area contributed by atoms with Crippen molar-refractivity contribution in [2.45, 2.75) is 4.90 Å². The van der Waals surface area contributed by atoms with E-state index in [0.29, 0.717) is 0 Å². The highest BCUT2D eigenvalue weighted by Crippen LogP contribution is 2.26. The van der Waals surface area contributed by atoms with Crippen LogP contribution in [0.3, 0.4) is 0 Å². The number of benzene rings is 2. The molecule has 0 aromatic heterocycles. The van der Waals surface area contributed by atoms with Gasteiger partial charge in [-0.15, -0.1) is 11.8 Å². The van der Waals surface area contributed by atoms with Gasteiger partial charge in [-0.3, -0.25) is 0 Å². The maximum absolute atomic E-state index is 5.83. The summed E-state index contributed by atoms with van der Waals surface area (Å²) in [6.07, 6.45) is 0. The van der Waals surface area contributed by atoms with Gasteiger partial charge in [0.25, 0.3) is 0 Å². The van der Waals surface area contributed by atoms with Gasteiger partial charge in [0.15, 0.2) is 0 Å². The van der Waals surface area contributed by atoms with Crippen molar-refractivity contribution in [2.24, 2.45) is 0 Å². The first-order valence-corrected chi connectivity index (χ1v) is 7.78. The third-order valence-electron chi connectivity index (χ3n) is 2.37. The Morgan fingerprint density at radius 1 is 1.06 bits per heavy atom. The summed E-state index contributed by atoms with van der Waals surface area (Å²) in [5, 5.41) is 4.13. The molecule has 0 fully saturated rings. The quantitative estimate of drug-likeness (QED) is 0.584. The van der Waals surface area contributed by atoms with Crippen molar-refractivity contribution in [3.8, 4) is 0 Å². The Kier molecular flexibility index (Phi) is 5.42. The lowest BCUT2D eigenvalue weighted by atomic mass is 10.3. The normalized spacial score (nSPS) is 10.3. The van der Waals surface area contributed by atoms with E-state index < -0.39 is 0 Å². The summed E-state index contributed by atoms with van der Waals surface area (Å²) < 4.78 is 1.15. The second kappa shape index (κ2) is 7.07. The van der Waals surface area contributed by atoms with Crippen LogP contribution in [0.15, 0.2) is 57.9 Å². The molecule has 0 radical (unpaired) electrons. The highest BCUT2D eigenvalue weighted by Gasteiger charge is 1.98. The van der Waals surface area contributed by atoms with Crippen LogP contribution >= 0.6 is 39.3 Å². The van der Waals surface area contributed by atoms with Gasteiger partial charge in [-0.1, -0.05) is 23.7 Å². The average molecular weight is 343 g/mol. The molecule has 2 aromatic rings. The number of halogens is 2. The van der Waals surface area contributed by atoms with E-state index in [1.54, 1.807) is 0 Å². The molecule has 0 amide bonds. The smallest absolute Gasteiger partial charge is 0.0407 e. The van der Waals surface area contributed by atoms with E-state index in [4.69, 9.17) is 11.6 Å². The van der Waals surface area contributed by atoms with Crippen molar-refractivity contribution in [3.63, 3.8) is 0 Å². The van der Waals surface area contributed by atoms with E-state index in [1.165, 1.54) is 4.90 Å². The molecule has 0 spiro atoms. The third kappa shape index (κ3) is 4.23. The fraction of sp³-hybridized carbons (Fsp3) is 0.143. The molecule has 1 nitrogen and oxygen atoms in total. The number of thioether (sulfide) groups is 1. The summed E-state index contributed by atoms with van der Waals surface area (Å²) in [7, 11) is 0. The van der Waals surface area contributed by atoms with Crippen LogP contribution in [0.1, 0.15) is 0 Å². The Morgan fingerprint density at radius 2 is 1.78 bits per heavy atom. The second-order valence-electron chi connectivity index (χ2n) is 3.71. The number of rotatable bonds is 5. The van der Waals surface area contributed by atoms with Crippen LogP contribution in [0, 0.1) is 0 Å². The monoisotopic (exact) mass is 341 g/mol. The van der Waals surface area contributed by atoms with Crippen molar-refractivity contribution in [1.82, 2.24) is 0 Å². The zero-order valence-electron chi connectivity index (χ0n) is 9.70. The highest BCUT2D eigenvalue weighted by molar-refractivity contribution is 9.10. The number of anilines is 1. The standard InChI is InChI=1S/C14H13BrClNS/c15-13-3-1-2-4-14(13)18-10-9-17-12-7-5-11(16)6-8-12/h1-8,17H,9-10H2. The van der Waals surface area contributed by atoms with Crippen LogP contribution in [-0.4, -0.2) is 12.3 Å². The van der Waals surface area contributed by atoms with Crippen molar-refractivity contribution in [2.75, 3.05) is 17.6 Å². The lowest BCUT2D eigenvalue weighted by Gasteiger charge is -2.07. The Balaban J connectivity index is 1.76. The Morgan fingerprint density at radius 3 is 2.50 bits per heavy atom. The van der Waals surface area contributed by atoms with Gasteiger partial charge in [-0.05, 0) is 52.3 Å². The van der Waals surface area contributed by atoms with Gasteiger partial charge in [-0.25, -0.2) is 0 Å². The fourth-order valence-corrected chi connectivity index (χ4v) is 3.04. The summed E-state index contributed by atoms with van der Waals surface area (Å²) in [6.45, 7) is 0.924. The van der Waals surface area contributed by atoms with Gasteiger partial charge < -0.3 is 5.32 Å². The van der Waals surface area contributed by atoms with Crippen molar-refractivity contribution < 1.29 is 0 Å². The molecule has 2 rings (SSSR count). The molecule has 0 bridgehead atoms. The second-order valence-corrected chi connectivity index (χ2v) is 6.14. The largest absolute Gasteiger partial charge is 0.384 e. The molecule has 0 aliphatic rings. The predicted octanol–water partition coefficient (Wildman–Crippen LogP) is 5.31. The van der Waals surface area contributed by atoms with Crippen LogP contribution in [0.5, 0.6) is 0 Å². The Labute approximate surface area is 125 Å². The van der Waals surface area contributed by atoms with Crippen molar-refractivity contribution in [3.05, 3.63) is 58.0 Å². The van der Waals surface area contributed by atoms with Crippen molar-refractivity contribution in [1.29, 1.82) is 0 Å². The SMILES string of the molecule is Clc1ccc(NCCSc2ccccc2Br)cc1. The van der Waals surface area contributed by atoms with Crippen LogP contribution in [0.2, 0.25) is 5.02 Å². The van der Waals surface area contributed by atoms with Gasteiger partial charge in [0.05, 0.1) is 0 Å². The van der Waals surface area contributed by atoms with Crippen molar-refractivity contribution >= 4 is 45.0 Å². The lowest BCUT2D eigenvalue weighted by Crippen LogP contribution is -2.03.